The Morgan fingerprint density at radius 1 is 0.667 bits per heavy atom. The van der Waals surface area contributed by atoms with Crippen LogP contribution in [-0.2, 0) is 19.1 Å². The molecule has 230 valence electrons. The van der Waals surface area contributed by atoms with Crippen molar-refractivity contribution in [1.29, 1.82) is 0 Å². The molecule has 1 aliphatic rings. The molecule has 0 bridgehead atoms. The van der Waals surface area contributed by atoms with E-state index < -0.39 is 0 Å². The van der Waals surface area contributed by atoms with Crippen LogP contribution in [0.1, 0.15) is 168 Å². The topological polar surface area (TPSA) is 64.6 Å². The molecule has 0 aliphatic heterocycles. The standard InChI is InChI=1S/C34H65NO4/c1-4-6-8-10-11-14-18-23-32(39-34(37)26-21-27-35-3)24-19-15-12-13-16-20-25-33(36)38-29-31-28-30(31)22-17-9-7-5-2/h30-32,35H,4-29H2,1-3H3. The molecule has 0 aromatic carbocycles. The van der Waals surface area contributed by atoms with E-state index in [9.17, 15) is 9.59 Å². The van der Waals surface area contributed by atoms with E-state index in [0.29, 0.717) is 25.4 Å². The Morgan fingerprint density at radius 3 is 1.82 bits per heavy atom. The Kier molecular flexibility index (Phi) is 23.8. The summed E-state index contributed by atoms with van der Waals surface area (Å²) in [4.78, 5) is 24.3. The molecular formula is C34H65NO4. The van der Waals surface area contributed by atoms with Crippen molar-refractivity contribution in [2.24, 2.45) is 11.8 Å². The number of esters is 2. The van der Waals surface area contributed by atoms with Crippen molar-refractivity contribution in [2.45, 2.75) is 174 Å². The zero-order valence-electron chi connectivity index (χ0n) is 26.2. The molecule has 1 rings (SSSR count). The summed E-state index contributed by atoms with van der Waals surface area (Å²) in [5.41, 5.74) is 0. The third-order valence-corrected chi connectivity index (χ3v) is 8.35. The molecule has 39 heavy (non-hydrogen) atoms. The van der Waals surface area contributed by atoms with Crippen molar-refractivity contribution in [3.8, 4) is 0 Å². The van der Waals surface area contributed by atoms with Gasteiger partial charge in [0.25, 0.3) is 0 Å². The largest absolute Gasteiger partial charge is 0.465 e. The lowest BCUT2D eigenvalue weighted by molar-refractivity contribution is -0.150. The molecule has 0 spiro atoms. The van der Waals surface area contributed by atoms with E-state index in [0.717, 1.165) is 57.4 Å². The number of hydrogen-bond acceptors (Lipinski definition) is 5. The van der Waals surface area contributed by atoms with Gasteiger partial charge in [-0.3, -0.25) is 9.59 Å². The third-order valence-electron chi connectivity index (χ3n) is 8.35. The lowest BCUT2D eigenvalue weighted by atomic mass is 10.0. The van der Waals surface area contributed by atoms with Crippen molar-refractivity contribution >= 4 is 11.9 Å². The van der Waals surface area contributed by atoms with Crippen molar-refractivity contribution in [3.05, 3.63) is 0 Å². The Labute approximate surface area is 242 Å². The van der Waals surface area contributed by atoms with Crippen LogP contribution in [0.3, 0.4) is 0 Å². The van der Waals surface area contributed by atoms with E-state index >= 15 is 0 Å². The minimum atomic E-state index is -0.0331. The summed E-state index contributed by atoms with van der Waals surface area (Å²) in [6.07, 6.45) is 27.6. The van der Waals surface area contributed by atoms with Crippen LogP contribution >= 0.6 is 0 Å². The van der Waals surface area contributed by atoms with Crippen LogP contribution in [0.4, 0.5) is 0 Å². The van der Waals surface area contributed by atoms with Gasteiger partial charge in [-0.15, -0.1) is 0 Å². The summed E-state index contributed by atoms with van der Waals surface area (Å²) in [6.45, 7) is 6.02. The number of hydrogen-bond donors (Lipinski definition) is 1. The number of nitrogens with one attached hydrogen (secondary N) is 1. The molecule has 5 nitrogen and oxygen atoms in total. The van der Waals surface area contributed by atoms with Crippen LogP contribution in [0.15, 0.2) is 0 Å². The summed E-state index contributed by atoms with van der Waals surface area (Å²) in [5.74, 6) is 1.41. The third kappa shape index (κ3) is 22.3. The van der Waals surface area contributed by atoms with Gasteiger partial charge in [0.05, 0.1) is 6.61 Å². The van der Waals surface area contributed by atoms with E-state index in [4.69, 9.17) is 9.47 Å². The Morgan fingerprint density at radius 2 is 1.21 bits per heavy atom. The van der Waals surface area contributed by atoms with Crippen LogP contribution in [0, 0.1) is 11.8 Å². The molecule has 0 radical (unpaired) electrons. The maximum absolute atomic E-state index is 12.3. The molecule has 0 amide bonds. The number of ether oxygens (including phenoxy) is 2. The molecule has 1 saturated carbocycles. The first-order valence-corrected chi connectivity index (χ1v) is 17.1. The quantitative estimate of drug-likeness (QED) is 0.0741. The molecule has 5 heteroatoms. The minimum Gasteiger partial charge on any atom is -0.465 e. The average Bonchev–Trinajstić information content (AvgIpc) is 3.69. The van der Waals surface area contributed by atoms with E-state index in [1.165, 1.54) is 96.3 Å². The molecule has 0 heterocycles. The molecule has 1 aliphatic carbocycles. The molecule has 1 fully saturated rings. The van der Waals surface area contributed by atoms with E-state index in [2.05, 4.69) is 19.2 Å². The second-order valence-corrected chi connectivity index (χ2v) is 12.2. The van der Waals surface area contributed by atoms with Gasteiger partial charge in [0.2, 0.25) is 0 Å². The molecule has 0 aromatic heterocycles. The van der Waals surface area contributed by atoms with Gasteiger partial charge in [-0.2, -0.15) is 0 Å². The highest BCUT2D eigenvalue weighted by molar-refractivity contribution is 5.69. The van der Waals surface area contributed by atoms with Crippen LogP contribution in [0.5, 0.6) is 0 Å². The predicted molar refractivity (Wildman–Crippen MR) is 164 cm³/mol. The van der Waals surface area contributed by atoms with Gasteiger partial charge < -0.3 is 14.8 Å². The van der Waals surface area contributed by atoms with E-state index in [1.54, 1.807) is 0 Å². The monoisotopic (exact) mass is 551 g/mol. The molecule has 0 aromatic rings. The van der Waals surface area contributed by atoms with Crippen LogP contribution in [0.25, 0.3) is 0 Å². The fourth-order valence-corrected chi connectivity index (χ4v) is 5.57. The van der Waals surface area contributed by atoms with Gasteiger partial charge in [0, 0.05) is 12.8 Å². The zero-order chi connectivity index (χ0) is 28.4. The number of carbonyl (C=O) groups excluding carboxylic acids is 2. The summed E-state index contributed by atoms with van der Waals surface area (Å²) in [7, 11) is 1.92. The van der Waals surface area contributed by atoms with Crippen molar-refractivity contribution in [2.75, 3.05) is 20.2 Å². The first-order valence-electron chi connectivity index (χ1n) is 17.1. The second kappa shape index (κ2) is 25.8. The minimum absolute atomic E-state index is 0.00336. The first kappa shape index (κ1) is 35.9. The first-order chi connectivity index (χ1) is 19.1. The lowest BCUT2D eigenvalue weighted by Gasteiger charge is -2.18. The summed E-state index contributed by atoms with van der Waals surface area (Å²) in [6, 6.07) is 0. The van der Waals surface area contributed by atoms with Crippen LogP contribution < -0.4 is 5.32 Å². The summed E-state index contributed by atoms with van der Waals surface area (Å²) < 4.78 is 11.4. The van der Waals surface area contributed by atoms with Crippen molar-refractivity contribution < 1.29 is 19.1 Å². The zero-order valence-corrected chi connectivity index (χ0v) is 26.2. The summed E-state index contributed by atoms with van der Waals surface area (Å²) in [5, 5.41) is 3.10. The van der Waals surface area contributed by atoms with Gasteiger partial charge in [0.15, 0.2) is 0 Å². The van der Waals surface area contributed by atoms with Crippen LogP contribution in [-0.4, -0.2) is 38.2 Å². The fraction of sp³-hybridized carbons (Fsp3) is 0.941. The highest BCUT2D eigenvalue weighted by atomic mass is 16.5. The highest BCUT2D eigenvalue weighted by Crippen LogP contribution is 2.42. The normalized spacial score (nSPS) is 17.2. The van der Waals surface area contributed by atoms with Gasteiger partial charge in [0.1, 0.15) is 6.10 Å². The Balaban J connectivity index is 2.06. The van der Waals surface area contributed by atoms with Crippen molar-refractivity contribution in [3.63, 3.8) is 0 Å². The molecular weight excluding hydrogens is 486 g/mol. The molecule has 1 N–H and O–H groups in total. The fourth-order valence-electron chi connectivity index (χ4n) is 5.57. The van der Waals surface area contributed by atoms with Gasteiger partial charge >= 0.3 is 11.9 Å². The average molecular weight is 552 g/mol. The van der Waals surface area contributed by atoms with E-state index in [-0.39, 0.29) is 18.0 Å². The SMILES string of the molecule is CCCCCCCCCC(CCCCCCCCC(=O)OCC1CC1CCCCCC)OC(=O)CCCNC. The maximum atomic E-state index is 12.3. The Bertz CT molecular complexity index is 582. The van der Waals surface area contributed by atoms with Gasteiger partial charge in [-0.25, -0.2) is 0 Å². The molecule has 3 atom stereocenters. The number of unbranched alkanes of at least 4 members (excludes halogenated alkanes) is 14. The van der Waals surface area contributed by atoms with Gasteiger partial charge in [-0.05, 0) is 70.4 Å². The predicted octanol–water partition coefficient (Wildman–Crippen LogP) is 9.31. The number of carbonyl (C=O) groups is 2. The Hall–Kier alpha value is -1.10. The lowest BCUT2D eigenvalue weighted by Crippen LogP contribution is -2.19. The highest BCUT2D eigenvalue weighted by Gasteiger charge is 2.37. The molecule has 0 saturated heterocycles. The van der Waals surface area contributed by atoms with Gasteiger partial charge in [-0.1, -0.05) is 110 Å². The smallest absolute Gasteiger partial charge is 0.306 e. The van der Waals surface area contributed by atoms with E-state index in [1.807, 2.05) is 7.05 Å². The van der Waals surface area contributed by atoms with Crippen LogP contribution in [0.2, 0.25) is 0 Å². The van der Waals surface area contributed by atoms with Crippen molar-refractivity contribution in [1.82, 2.24) is 5.32 Å². The summed E-state index contributed by atoms with van der Waals surface area (Å²) >= 11 is 0. The second-order valence-electron chi connectivity index (χ2n) is 12.2. The molecule has 3 unspecified atom stereocenters. The maximum Gasteiger partial charge on any atom is 0.306 e. The number of rotatable bonds is 29.